The van der Waals surface area contributed by atoms with Crippen molar-refractivity contribution < 1.29 is 19.0 Å². The first-order chi connectivity index (χ1) is 14.5. The number of aromatic nitrogens is 3. The summed E-state index contributed by atoms with van der Waals surface area (Å²) in [6.45, 7) is 2.28. The van der Waals surface area contributed by atoms with Gasteiger partial charge in [-0.15, -0.1) is 0 Å². The molecule has 156 valence electrons. The van der Waals surface area contributed by atoms with Crippen LogP contribution in [-0.4, -0.2) is 41.7 Å². The van der Waals surface area contributed by atoms with E-state index in [-0.39, 0.29) is 22.5 Å². The maximum atomic E-state index is 12.7. The van der Waals surface area contributed by atoms with Crippen molar-refractivity contribution >= 4 is 34.8 Å². The molecular formula is C20H20ClN5O4. The third-order valence-electron chi connectivity index (χ3n) is 3.89. The summed E-state index contributed by atoms with van der Waals surface area (Å²) in [5.41, 5.74) is 0.671. The molecule has 0 saturated carbocycles. The molecule has 3 aromatic rings. The molecule has 0 aliphatic carbocycles. The summed E-state index contributed by atoms with van der Waals surface area (Å²) in [6.07, 6.45) is 1.33. The molecule has 0 aliphatic rings. The fourth-order valence-electron chi connectivity index (χ4n) is 2.58. The van der Waals surface area contributed by atoms with Crippen molar-refractivity contribution in [2.45, 2.75) is 6.92 Å². The summed E-state index contributed by atoms with van der Waals surface area (Å²) >= 11 is 6.02. The topological polar surface area (TPSA) is 107 Å². The molecule has 9 nitrogen and oxygen atoms in total. The number of para-hydroxylation sites is 1. The molecule has 0 radical (unpaired) electrons. The van der Waals surface area contributed by atoms with Crippen LogP contribution in [0.2, 0.25) is 5.15 Å². The highest BCUT2D eigenvalue weighted by Gasteiger charge is 2.17. The quantitative estimate of drug-likeness (QED) is 0.554. The van der Waals surface area contributed by atoms with Gasteiger partial charge in [0.1, 0.15) is 28.0 Å². The number of anilines is 3. The van der Waals surface area contributed by atoms with Crippen LogP contribution in [0.3, 0.4) is 0 Å². The molecule has 30 heavy (non-hydrogen) atoms. The fourth-order valence-corrected chi connectivity index (χ4v) is 2.71. The highest BCUT2D eigenvalue weighted by atomic mass is 35.5. The predicted octanol–water partition coefficient (Wildman–Crippen LogP) is 3.94. The lowest BCUT2D eigenvalue weighted by Gasteiger charge is -2.16. The van der Waals surface area contributed by atoms with Crippen LogP contribution >= 0.6 is 11.6 Å². The second-order valence-corrected chi connectivity index (χ2v) is 6.19. The van der Waals surface area contributed by atoms with E-state index in [4.69, 9.17) is 25.8 Å². The second-order valence-electron chi connectivity index (χ2n) is 5.80. The van der Waals surface area contributed by atoms with E-state index in [1.165, 1.54) is 20.4 Å². The molecule has 0 saturated heterocycles. The number of carbonyl (C=O) groups is 1. The average Bonchev–Trinajstić information content (AvgIpc) is 2.76. The number of rotatable bonds is 8. The van der Waals surface area contributed by atoms with Crippen LogP contribution in [0.1, 0.15) is 17.4 Å². The molecule has 1 amide bonds. The summed E-state index contributed by atoms with van der Waals surface area (Å²) in [7, 11) is 3.06. The van der Waals surface area contributed by atoms with E-state index in [1.807, 2.05) is 6.92 Å². The molecule has 3 rings (SSSR count). The lowest BCUT2D eigenvalue weighted by molar-refractivity contribution is 0.102. The number of hydrogen-bond donors (Lipinski definition) is 2. The minimum Gasteiger partial charge on any atom is -0.494 e. The van der Waals surface area contributed by atoms with Gasteiger partial charge in [-0.05, 0) is 25.1 Å². The number of halogens is 1. The Morgan fingerprint density at radius 2 is 1.73 bits per heavy atom. The molecule has 2 heterocycles. The highest BCUT2D eigenvalue weighted by molar-refractivity contribution is 6.29. The van der Waals surface area contributed by atoms with Gasteiger partial charge in [0.2, 0.25) is 5.88 Å². The van der Waals surface area contributed by atoms with Crippen LogP contribution in [0.25, 0.3) is 0 Å². The van der Waals surface area contributed by atoms with Crippen molar-refractivity contribution in [3.63, 3.8) is 0 Å². The van der Waals surface area contributed by atoms with Crippen LogP contribution in [0, 0.1) is 0 Å². The number of methoxy groups -OCH3 is 2. The van der Waals surface area contributed by atoms with Gasteiger partial charge in [0.15, 0.2) is 11.6 Å². The van der Waals surface area contributed by atoms with Crippen molar-refractivity contribution in [3.8, 4) is 17.4 Å². The maximum absolute atomic E-state index is 12.7. The largest absolute Gasteiger partial charge is 0.494 e. The predicted molar refractivity (Wildman–Crippen MR) is 113 cm³/mol. The molecule has 0 unspecified atom stereocenters. The third kappa shape index (κ3) is 4.87. The number of amides is 1. The molecule has 0 bridgehead atoms. The molecule has 0 fully saturated rings. The lowest BCUT2D eigenvalue weighted by atomic mass is 10.2. The molecule has 0 atom stereocenters. The maximum Gasteiger partial charge on any atom is 0.275 e. The Labute approximate surface area is 178 Å². The van der Waals surface area contributed by atoms with Gasteiger partial charge in [0, 0.05) is 6.07 Å². The molecule has 0 spiro atoms. The number of pyridine rings is 1. The van der Waals surface area contributed by atoms with Crippen LogP contribution in [0.15, 0.2) is 42.6 Å². The number of nitrogens with zero attached hydrogens (tertiary/aromatic N) is 3. The van der Waals surface area contributed by atoms with E-state index in [9.17, 15) is 4.79 Å². The first-order valence-corrected chi connectivity index (χ1v) is 9.35. The zero-order chi connectivity index (χ0) is 21.5. The van der Waals surface area contributed by atoms with Crippen LogP contribution in [0.4, 0.5) is 17.3 Å². The minimum atomic E-state index is -0.483. The van der Waals surface area contributed by atoms with E-state index in [2.05, 4.69) is 25.6 Å². The Balaban J connectivity index is 1.92. The van der Waals surface area contributed by atoms with Gasteiger partial charge in [-0.2, -0.15) is 0 Å². The first-order valence-electron chi connectivity index (χ1n) is 8.97. The number of nitrogens with one attached hydrogen (secondary N) is 2. The van der Waals surface area contributed by atoms with Gasteiger partial charge in [-0.1, -0.05) is 23.7 Å². The van der Waals surface area contributed by atoms with E-state index in [0.717, 1.165) is 0 Å². The van der Waals surface area contributed by atoms with Gasteiger partial charge in [0.25, 0.3) is 5.91 Å². The summed E-state index contributed by atoms with van der Waals surface area (Å²) in [5, 5.41) is 5.90. The Bertz CT molecular complexity index is 1030. The first kappa shape index (κ1) is 21.1. The normalized spacial score (nSPS) is 10.3. The van der Waals surface area contributed by atoms with Gasteiger partial charge in [-0.25, -0.2) is 15.0 Å². The minimum absolute atomic E-state index is 0.140. The van der Waals surface area contributed by atoms with E-state index in [1.54, 1.807) is 36.4 Å². The summed E-state index contributed by atoms with van der Waals surface area (Å²) in [6, 6.07) is 10.2. The highest BCUT2D eigenvalue weighted by Crippen LogP contribution is 2.37. The Morgan fingerprint density at radius 1 is 1.03 bits per heavy atom. The summed E-state index contributed by atoms with van der Waals surface area (Å²) < 4.78 is 16.1. The van der Waals surface area contributed by atoms with Crippen molar-refractivity contribution in [3.05, 3.63) is 53.4 Å². The van der Waals surface area contributed by atoms with Crippen molar-refractivity contribution in [2.24, 2.45) is 0 Å². The van der Waals surface area contributed by atoms with Gasteiger partial charge < -0.3 is 24.8 Å². The Hall–Kier alpha value is -3.59. The van der Waals surface area contributed by atoms with Crippen LogP contribution in [-0.2, 0) is 0 Å². The van der Waals surface area contributed by atoms with E-state index >= 15 is 0 Å². The second kappa shape index (κ2) is 9.75. The standard InChI is InChI=1S/C20H20ClN5O4/c1-4-30-16-10-5-7-12(23-16)20(27)26-18-19(24-15(21)11-22-18)25-17-13(28-2)8-6-9-14(17)29-3/h5-11H,4H2,1-3H3,(H,24,25)(H,22,26,27). The van der Waals surface area contributed by atoms with E-state index in [0.29, 0.717) is 29.7 Å². The molecule has 2 N–H and O–H groups in total. The van der Waals surface area contributed by atoms with Gasteiger partial charge in [-0.3, -0.25) is 4.79 Å². The van der Waals surface area contributed by atoms with Crippen LogP contribution in [0.5, 0.6) is 17.4 Å². The Morgan fingerprint density at radius 3 is 2.40 bits per heavy atom. The lowest BCUT2D eigenvalue weighted by Crippen LogP contribution is -2.17. The number of benzene rings is 1. The average molecular weight is 430 g/mol. The van der Waals surface area contributed by atoms with Crippen molar-refractivity contribution in [1.82, 2.24) is 15.0 Å². The van der Waals surface area contributed by atoms with Gasteiger partial charge >= 0.3 is 0 Å². The van der Waals surface area contributed by atoms with Crippen LogP contribution < -0.4 is 24.8 Å². The molecule has 1 aromatic carbocycles. The fraction of sp³-hybridized carbons (Fsp3) is 0.200. The van der Waals surface area contributed by atoms with E-state index < -0.39 is 5.91 Å². The molecule has 0 aliphatic heterocycles. The number of ether oxygens (including phenoxy) is 3. The summed E-state index contributed by atoms with van der Waals surface area (Å²) in [5.74, 6) is 1.26. The monoisotopic (exact) mass is 429 g/mol. The summed E-state index contributed by atoms with van der Waals surface area (Å²) in [4.78, 5) is 25.3. The molecular weight excluding hydrogens is 410 g/mol. The van der Waals surface area contributed by atoms with Gasteiger partial charge in [0.05, 0.1) is 27.0 Å². The third-order valence-corrected chi connectivity index (χ3v) is 4.08. The zero-order valence-corrected chi connectivity index (χ0v) is 17.4. The Kier molecular flexibility index (Phi) is 6.87. The van der Waals surface area contributed by atoms with Crippen molar-refractivity contribution in [2.75, 3.05) is 31.5 Å². The molecule has 2 aromatic heterocycles. The number of carbonyl (C=O) groups excluding carboxylic acids is 1. The number of hydrogen-bond acceptors (Lipinski definition) is 8. The zero-order valence-electron chi connectivity index (χ0n) is 16.6. The smallest absolute Gasteiger partial charge is 0.275 e. The van der Waals surface area contributed by atoms with Crippen molar-refractivity contribution in [1.29, 1.82) is 0 Å². The SMILES string of the molecule is CCOc1cccc(C(=O)Nc2ncc(Cl)nc2Nc2c(OC)cccc2OC)n1. The molecule has 10 heteroatoms.